The maximum absolute atomic E-state index is 12.9. The zero-order valence-corrected chi connectivity index (χ0v) is 15.7. The van der Waals surface area contributed by atoms with Gasteiger partial charge in [-0.3, -0.25) is 19.3 Å². The number of hydrogen-bond donors (Lipinski definition) is 1. The van der Waals surface area contributed by atoms with Crippen LogP contribution in [0.3, 0.4) is 0 Å². The first-order valence-electron chi connectivity index (χ1n) is 9.27. The molecule has 0 bridgehead atoms. The third-order valence-corrected chi connectivity index (χ3v) is 4.95. The number of ketones is 1. The van der Waals surface area contributed by atoms with Gasteiger partial charge in [0, 0.05) is 32.7 Å². The fraction of sp³-hybridized carbons (Fsp3) is 0.250. The number of carbonyl (C=O) groups excluding carboxylic acids is 3. The molecule has 3 aromatic rings. The minimum absolute atomic E-state index is 0.0603. The van der Waals surface area contributed by atoms with Crippen LogP contribution >= 0.6 is 0 Å². The predicted molar refractivity (Wildman–Crippen MR) is 104 cm³/mol. The lowest BCUT2D eigenvalue weighted by Gasteiger charge is -2.34. The van der Waals surface area contributed by atoms with Crippen LogP contribution in [0.4, 0.5) is 0 Å². The van der Waals surface area contributed by atoms with E-state index < -0.39 is 11.7 Å². The van der Waals surface area contributed by atoms with Crippen LogP contribution in [-0.4, -0.2) is 68.2 Å². The van der Waals surface area contributed by atoms with E-state index in [-0.39, 0.29) is 17.3 Å². The molecule has 9 heteroatoms. The van der Waals surface area contributed by atoms with Crippen molar-refractivity contribution >= 4 is 23.2 Å². The van der Waals surface area contributed by atoms with Gasteiger partial charge >= 0.3 is 0 Å². The number of fused-ring (bicyclic) bond motifs is 1. The topological polar surface area (TPSA) is 114 Å². The molecule has 2 aromatic heterocycles. The fourth-order valence-corrected chi connectivity index (χ4v) is 3.38. The highest BCUT2D eigenvalue weighted by atomic mass is 16.2. The van der Waals surface area contributed by atoms with E-state index in [0.29, 0.717) is 18.7 Å². The van der Waals surface area contributed by atoms with E-state index in [2.05, 4.69) is 27.1 Å². The van der Waals surface area contributed by atoms with Gasteiger partial charge in [-0.05, 0) is 17.7 Å². The van der Waals surface area contributed by atoms with Crippen LogP contribution in [0.5, 0.6) is 0 Å². The molecule has 4 rings (SSSR count). The number of imidazole rings is 1. The molecule has 1 saturated heterocycles. The van der Waals surface area contributed by atoms with E-state index in [1.807, 2.05) is 18.2 Å². The second-order valence-electron chi connectivity index (χ2n) is 6.88. The predicted octanol–water partition coefficient (Wildman–Crippen LogP) is 0.355. The Bertz CT molecular complexity index is 1070. The maximum Gasteiger partial charge on any atom is 0.291 e. The van der Waals surface area contributed by atoms with Crippen molar-refractivity contribution in [1.82, 2.24) is 24.4 Å². The molecule has 3 heterocycles. The Kier molecular flexibility index (Phi) is 5.05. The molecule has 0 aliphatic carbocycles. The molecule has 0 radical (unpaired) electrons. The van der Waals surface area contributed by atoms with Crippen molar-refractivity contribution in [2.24, 2.45) is 5.73 Å². The van der Waals surface area contributed by atoms with E-state index in [0.717, 1.165) is 19.6 Å². The van der Waals surface area contributed by atoms with Crippen LogP contribution in [0.15, 0.2) is 48.7 Å². The smallest absolute Gasteiger partial charge is 0.291 e. The number of hydrogen-bond acceptors (Lipinski definition) is 6. The van der Waals surface area contributed by atoms with Gasteiger partial charge in [0.15, 0.2) is 5.65 Å². The summed E-state index contributed by atoms with van der Waals surface area (Å²) in [6.07, 6.45) is 1.23. The van der Waals surface area contributed by atoms with Gasteiger partial charge in [-0.25, -0.2) is 9.50 Å². The first-order chi connectivity index (χ1) is 14.0. The summed E-state index contributed by atoms with van der Waals surface area (Å²) in [6.45, 7) is 3.55. The average Bonchev–Trinajstić information content (AvgIpc) is 3.17. The molecule has 0 atom stereocenters. The van der Waals surface area contributed by atoms with E-state index in [1.165, 1.54) is 16.3 Å². The number of benzene rings is 1. The molecule has 2 N–H and O–H groups in total. The summed E-state index contributed by atoms with van der Waals surface area (Å²) in [5.74, 6) is -2.22. The quantitative estimate of drug-likeness (QED) is 0.495. The van der Waals surface area contributed by atoms with Gasteiger partial charge in [0.1, 0.15) is 11.4 Å². The van der Waals surface area contributed by atoms with Gasteiger partial charge in [0.2, 0.25) is 0 Å². The van der Waals surface area contributed by atoms with Crippen LogP contribution in [0, 0.1) is 0 Å². The molecule has 1 aliphatic heterocycles. The zero-order valence-electron chi connectivity index (χ0n) is 15.7. The zero-order chi connectivity index (χ0) is 20.4. The number of piperazine rings is 1. The van der Waals surface area contributed by atoms with Crippen molar-refractivity contribution < 1.29 is 14.4 Å². The summed E-state index contributed by atoms with van der Waals surface area (Å²) in [5, 5.41) is 4.22. The number of nitrogens with two attached hydrogens (primary N) is 1. The van der Waals surface area contributed by atoms with Gasteiger partial charge in [-0.2, -0.15) is 5.10 Å². The van der Waals surface area contributed by atoms with Crippen molar-refractivity contribution in [3.63, 3.8) is 0 Å². The Morgan fingerprint density at radius 1 is 0.966 bits per heavy atom. The Morgan fingerprint density at radius 3 is 2.38 bits per heavy atom. The third-order valence-electron chi connectivity index (χ3n) is 4.95. The first-order valence-corrected chi connectivity index (χ1v) is 9.27. The van der Waals surface area contributed by atoms with Crippen LogP contribution in [0.25, 0.3) is 5.65 Å². The van der Waals surface area contributed by atoms with Crippen LogP contribution in [0.1, 0.15) is 26.5 Å². The first kappa shape index (κ1) is 18.8. The molecule has 148 valence electrons. The Hall–Kier alpha value is -3.59. The molecular weight excluding hydrogens is 372 g/mol. The van der Waals surface area contributed by atoms with Crippen LogP contribution < -0.4 is 5.73 Å². The number of aromatic nitrogens is 3. The summed E-state index contributed by atoms with van der Waals surface area (Å²) in [7, 11) is 0. The van der Waals surface area contributed by atoms with E-state index in [4.69, 9.17) is 5.73 Å². The SMILES string of the molecule is NC(=O)C(=O)c1cnc2ccc(C(=O)N3CCN(Cc4ccccc4)CC3)nn12. The Morgan fingerprint density at radius 2 is 1.69 bits per heavy atom. The van der Waals surface area contributed by atoms with Gasteiger partial charge in [0.05, 0.1) is 6.20 Å². The maximum atomic E-state index is 12.9. The standard InChI is InChI=1S/C20H20N6O3/c21-19(28)18(27)16-12-22-17-7-6-15(23-26(16)17)20(29)25-10-8-24(9-11-25)13-14-4-2-1-3-5-14/h1-7,12H,8-11,13H2,(H2,21,28). The minimum atomic E-state index is -1.10. The summed E-state index contributed by atoms with van der Waals surface area (Å²) < 4.78 is 1.19. The van der Waals surface area contributed by atoms with Gasteiger partial charge in [-0.15, -0.1) is 0 Å². The molecule has 9 nitrogen and oxygen atoms in total. The summed E-state index contributed by atoms with van der Waals surface area (Å²) in [6, 6.07) is 13.4. The molecule has 0 saturated carbocycles. The van der Waals surface area contributed by atoms with Crippen molar-refractivity contribution in [2.45, 2.75) is 6.54 Å². The molecule has 1 aromatic carbocycles. The minimum Gasteiger partial charge on any atom is -0.363 e. The molecule has 2 amide bonds. The summed E-state index contributed by atoms with van der Waals surface area (Å²) in [4.78, 5) is 44.0. The van der Waals surface area contributed by atoms with Gasteiger partial charge in [0.25, 0.3) is 17.6 Å². The van der Waals surface area contributed by atoms with E-state index in [9.17, 15) is 14.4 Å². The lowest BCUT2D eigenvalue weighted by Crippen LogP contribution is -2.48. The number of nitrogens with zero attached hydrogens (tertiary/aromatic N) is 5. The Balaban J connectivity index is 1.46. The molecule has 1 fully saturated rings. The number of primary amides is 1. The highest BCUT2D eigenvalue weighted by Crippen LogP contribution is 2.12. The van der Waals surface area contributed by atoms with Crippen molar-refractivity contribution in [3.8, 4) is 0 Å². The van der Waals surface area contributed by atoms with Crippen LogP contribution in [0.2, 0.25) is 0 Å². The number of carbonyl (C=O) groups is 3. The molecule has 1 aliphatic rings. The molecule has 0 spiro atoms. The normalized spacial score (nSPS) is 14.8. The van der Waals surface area contributed by atoms with E-state index in [1.54, 1.807) is 17.0 Å². The Labute approximate surface area is 166 Å². The van der Waals surface area contributed by atoms with Gasteiger partial charge in [-0.1, -0.05) is 30.3 Å². The monoisotopic (exact) mass is 392 g/mol. The average molecular weight is 392 g/mol. The number of Topliss-reactive ketones (excluding diaryl/α,β-unsaturated/α-hetero) is 1. The highest BCUT2D eigenvalue weighted by molar-refractivity contribution is 6.41. The fourth-order valence-electron chi connectivity index (χ4n) is 3.38. The largest absolute Gasteiger partial charge is 0.363 e. The highest BCUT2D eigenvalue weighted by Gasteiger charge is 2.25. The second kappa shape index (κ2) is 7.80. The number of amides is 2. The molecule has 0 unspecified atom stereocenters. The van der Waals surface area contributed by atoms with Gasteiger partial charge < -0.3 is 10.6 Å². The molecular formula is C20H20N6O3. The van der Waals surface area contributed by atoms with Crippen molar-refractivity contribution in [1.29, 1.82) is 0 Å². The molecule has 29 heavy (non-hydrogen) atoms. The van der Waals surface area contributed by atoms with Crippen molar-refractivity contribution in [3.05, 3.63) is 65.6 Å². The number of rotatable bonds is 5. The third kappa shape index (κ3) is 3.85. The summed E-state index contributed by atoms with van der Waals surface area (Å²) >= 11 is 0. The lowest BCUT2D eigenvalue weighted by molar-refractivity contribution is -0.114. The van der Waals surface area contributed by atoms with Crippen LogP contribution in [-0.2, 0) is 11.3 Å². The lowest BCUT2D eigenvalue weighted by atomic mass is 10.2. The summed E-state index contributed by atoms with van der Waals surface area (Å²) in [5.41, 5.74) is 6.79. The van der Waals surface area contributed by atoms with Crippen molar-refractivity contribution in [2.75, 3.05) is 26.2 Å². The second-order valence-corrected chi connectivity index (χ2v) is 6.88. The van der Waals surface area contributed by atoms with E-state index >= 15 is 0 Å².